The Bertz CT molecular complexity index is 874. The summed E-state index contributed by atoms with van der Waals surface area (Å²) in [6.07, 6.45) is 0. The predicted octanol–water partition coefficient (Wildman–Crippen LogP) is 4.93. The quantitative estimate of drug-likeness (QED) is 0.684. The Labute approximate surface area is 136 Å². The third-order valence-corrected chi connectivity index (χ3v) is 3.97. The van der Waals surface area contributed by atoms with Gasteiger partial charge >= 0.3 is 0 Å². The van der Waals surface area contributed by atoms with Gasteiger partial charge in [-0.3, -0.25) is 4.79 Å². The number of fused-ring (bicyclic) bond motifs is 1. The van der Waals surface area contributed by atoms with E-state index >= 15 is 0 Å². The molecule has 0 aromatic heterocycles. The molecule has 22 heavy (non-hydrogen) atoms. The molecule has 0 fully saturated rings. The molecule has 3 aromatic carbocycles. The Balaban J connectivity index is 2.30. The number of hydrogen-bond acceptors (Lipinski definition) is 2. The minimum Gasteiger partial charge on any atom is -0.507 e. The highest BCUT2D eigenvalue weighted by Gasteiger charge is 2.13. The topological polar surface area (TPSA) is 49.3 Å². The number of rotatable bonds is 2. The highest BCUT2D eigenvalue weighted by molar-refractivity contribution is 9.10. The molecule has 110 valence electrons. The minimum atomic E-state index is -0.144. The fourth-order valence-electron chi connectivity index (χ4n) is 2.54. The number of hydrogen-bond donors (Lipinski definition) is 2. The van der Waals surface area contributed by atoms with Gasteiger partial charge in [-0.05, 0) is 23.6 Å². The summed E-state index contributed by atoms with van der Waals surface area (Å²) in [6.45, 7) is 1.48. The van der Waals surface area contributed by atoms with Crippen LogP contribution in [0.3, 0.4) is 0 Å². The van der Waals surface area contributed by atoms with Crippen LogP contribution in [0, 0.1) is 0 Å². The number of halogens is 1. The molecule has 3 aromatic rings. The summed E-state index contributed by atoms with van der Waals surface area (Å²) in [7, 11) is 0. The maximum atomic E-state index is 11.6. The van der Waals surface area contributed by atoms with Gasteiger partial charge in [-0.1, -0.05) is 52.3 Å². The number of phenols is 1. The first kappa shape index (κ1) is 14.6. The molecule has 0 spiro atoms. The van der Waals surface area contributed by atoms with Gasteiger partial charge in [0.15, 0.2) is 0 Å². The third kappa shape index (κ3) is 2.70. The van der Waals surface area contributed by atoms with Crippen molar-refractivity contribution in [2.75, 3.05) is 5.32 Å². The van der Waals surface area contributed by atoms with Gasteiger partial charge in [-0.15, -0.1) is 0 Å². The van der Waals surface area contributed by atoms with Gasteiger partial charge in [0.2, 0.25) is 5.91 Å². The van der Waals surface area contributed by atoms with Crippen molar-refractivity contribution >= 4 is 38.3 Å². The van der Waals surface area contributed by atoms with E-state index in [0.29, 0.717) is 11.3 Å². The summed E-state index contributed by atoms with van der Waals surface area (Å²) in [5.41, 5.74) is 2.18. The number of nitrogens with one attached hydrogen (secondary N) is 1. The molecule has 3 rings (SSSR count). The van der Waals surface area contributed by atoms with Crippen LogP contribution in [0.4, 0.5) is 5.69 Å². The van der Waals surface area contributed by atoms with Gasteiger partial charge in [-0.25, -0.2) is 0 Å². The second kappa shape index (κ2) is 5.81. The zero-order valence-electron chi connectivity index (χ0n) is 11.9. The van der Waals surface area contributed by atoms with E-state index in [0.717, 1.165) is 20.8 Å². The fraction of sp³-hybridized carbons (Fsp3) is 0.0556. The summed E-state index contributed by atoms with van der Waals surface area (Å²) < 4.78 is 0.801. The Morgan fingerprint density at radius 2 is 1.77 bits per heavy atom. The maximum Gasteiger partial charge on any atom is 0.221 e. The molecule has 0 unspecified atom stereocenters. The molecule has 2 N–H and O–H groups in total. The van der Waals surface area contributed by atoms with Crippen LogP contribution in [0.5, 0.6) is 5.75 Å². The summed E-state index contributed by atoms with van der Waals surface area (Å²) in [5.74, 6) is 0.0189. The van der Waals surface area contributed by atoms with Gasteiger partial charge in [0.25, 0.3) is 0 Å². The van der Waals surface area contributed by atoms with Crippen molar-refractivity contribution in [2.45, 2.75) is 6.92 Å². The van der Waals surface area contributed by atoms with Gasteiger partial charge in [0.1, 0.15) is 5.75 Å². The van der Waals surface area contributed by atoms with Gasteiger partial charge < -0.3 is 10.4 Å². The van der Waals surface area contributed by atoms with Gasteiger partial charge in [0, 0.05) is 27.9 Å². The smallest absolute Gasteiger partial charge is 0.221 e. The summed E-state index contributed by atoms with van der Waals surface area (Å²) >= 11 is 3.34. The van der Waals surface area contributed by atoms with Crippen molar-refractivity contribution < 1.29 is 9.90 Å². The van der Waals surface area contributed by atoms with Crippen molar-refractivity contribution in [1.29, 1.82) is 0 Å². The molecule has 0 aliphatic rings. The first-order chi connectivity index (χ1) is 10.6. The zero-order chi connectivity index (χ0) is 15.7. The average molecular weight is 356 g/mol. The number of anilines is 1. The fourth-order valence-corrected chi connectivity index (χ4v) is 2.89. The van der Waals surface area contributed by atoms with Crippen LogP contribution >= 0.6 is 15.9 Å². The summed E-state index contributed by atoms with van der Waals surface area (Å²) in [6, 6.07) is 17.1. The second-order valence-corrected chi connectivity index (χ2v) is 5.97. The molecule has 4 heteroatoms. The van der Waals surface area contributed by atoms with Crippen molar-refractivity contribution in [3.05, 3.63) is 59.1 Å². The van der Waals surface area contributed by atoms with Gasteiger partial charge in [0.05, 0.1) is 5.69 Å². The lowest BCUT2D eigenvalue weighted by atomic mass is 9.97. The molecule has 0 atom stereocenters. The predicted molar refractivity (Wildman–Crippen MR) is 93.1 cm³/mol. The van der Waals surface area contributed by atoms with Crippen LogP contribution in [-0.2, 0) is 4.79 Å². The largest absolute Gasteiger partial charge is 0.507 e. The monoisotopic (exact) mass is 355 g/mol. The van der Waals surface area contributed by atoms with E-state index in [1.54, 1.807) is 6.07 Å². The second-order valence-electron chi connectivity index (χ2n) is 5.05. The molecular weight excluding hydrogens is 342 g/mol. The molecule has 0 aliphatic carbocycles. The van der Waals surface area contributed by atoms with Crippen molar-refractivity contribution in [3.63, 3.8) is 0 Å². The number of aromatic hydroxyl groups is 1. The van der Waals surface area contributed by atoms with E-state index in [2.05, 4.69) is 21.2 Å². The number of carbonyl (C=O) groups excluding carboxylic acids is 1. The lowest BCUT2D eigenvalue weighted by Gasteiger charge is -2.15. The first-order valence-corrected chi connectivity index (χ1v) is 7.64. The Morgan fingerprint density at radius 1 is 1.05 bits per heavy atom. The first-order valence-electron chi connectivity index (χ1n) is 6.84. The lowest BCUT2D eigenvalue weighted by molar-refractivity contribution is -0.114. The van der Waals surface area contributed by atoms with Crippen LogP contribution in [0.1, 0.15) is 6.92 Å². The molecule has 0 bridgehead atoms. The van der Waals surface area contributed by atoms with Crippen molar-refractivity contribution in [3.8, 4) is 16.9 Å². The van der Waals surface area contributed by atoms with Crippen LogP contribution in [0.15, 0.2) is 59.1 Å². The molecule has 0 radical (unpaired) electrons. The number of phenolic OH excluding ortho intramolecular Hbond substituents is 1. The van der Waals surface area contributed by atoms with E-state index < -0.39 is 0 Å². The molecule has 0 saturated carbocycles. The van der Waals surface area contributed by atoms with E-state index in [1.165, 1.54) is 6.92 Å². The highest BCUT2D eigenvalue weighted by Crippen LogP contribution is 2.39. The Morgan fingerprint density at radius 3 is 2.50 bits per heavy atom. The molecule has 0 heterocycles. The summed E-state index contributed by atoms with van der Waals surface area (Å²) in [5, 5.41) is 15.1. The molecule has 1 amide bonds. The number of amides is 1. The van der Waals surface area contributed by atoms with Crippen LogP contribution in [-0.4, -0.2) is 11.0 Å². The third-order valence-electron chi connectivity index (χ3n) is 3.48. The molecule has 3 nitrogen and oxygen atoms in total. The van der Waals surface area contributed by atoms with E-state index in [1.807, 2.05) is 48.5 Å². The van der Waals surface area contributed by atoms with E-state index in [4.69, 9.17) is 0 Å². The molecule has 0 saturated heterocycles. The Kier molecular flexibility index (Phi) is 3.86. The highest BCUT2D eigenvalue weighted by atomic mass is 79.9. The van der Waals surface area contributed by atoms with Crippen LogP contribution in [0.25, 0.3) is 21.9 Å². The molecule has 0 aliphatic heterocycles. The molecular formula is C18H14BrNO2. The van der Waals surface area contributed by atoms with Crippen molar-refractivity contribution in [1.82, 2.24) is 0 Å². The van der Waals surface area contributed by atoms with Crippen LogP contribution in [0.2, 0.25) is 0 Å². The standard InChI is InChI=1S/C18H14BrNO2/c1-11(21)20-18-14-5-3-2-4-12(14)6-8-16(18)15-9-7-13(19)10-17(15)22/h2-10,22H,1H3,(H,20,21). The number of carbonyl (C=O) groups is 1. The SMILES string of the molecule is CC(=O)Nc1c(-c2ccc(Br)cc2O)ccc2ccccc12. The lowest BCUT2D eigenvalue weighted by Crippen LogP contribution is -2.07. The van der Waals surface area contributed by atoms with Crippen LogP contribution < -0.4 is 5.32 Å². The Hall–Kier alpha value is -2.33. The normalized spacial score (nSPS) is 10.6. The van der Waals surface area contributed by atoms with Gasteiger partial charge in [-0.2, -0.15) is 0 Å². The van der Waals surface area contributed by atoms with E-state index in [9.17, 15) is 9.90 Å². The number of benzene rings is 3. The zero-order valence-corrected chi connectivity index (χ0v) is 13.5. The van der Waals surface area contributed by atoms with Crippen molar-refractivity contribution in [2.24, 2.45) is 0 Å². The maximum absolute atomic E-state index is 11.6. The van der Waals surface area contributed by atoms with E-state index in [-0.39, 0.29) is 11.7 Å². The minimum absolute atomic E-state index is 0.144. The average Bonchev–Trinajstić information content (AvgIpc) is 2.48. The summed E-state index contributed by atoms with van der Waals surface area (Å²) in [4.78, 5) is 11.6.